The van der Waals surface area contributed by atoms with E-state index in [4.69, 9.17) is 9.84 Å². The highest BCUT2D eigenvalue weighted by molar-refractivity contribution is 9.10. The van der Waals surface area contributed by atoms with E-state index < -0.39 is 0 Å². The summed E-state index contributed by atoms with van der Waals surface area (Å²) in [6, 6.07) is 5.11. The van der Waals surface area contributed by atoms with Gasteiger partial charge in [-0.25, -0.2) is 0 Å². The van der Waals surface area contributed by atoms with Gasteiger partial charge in [0.15, 0.2) is 0 Å². The Morgan fingerprint density at radius 1 is 1.55 bits per heavy atom. The molecule has 0 radical (unpaired) electrons. The normalized spacial score (nSPS) is 10.0. The number of hydrogen-bond donors (Lipinski definition) is 1. The first-order chi connectivity index (χ1) is 5.24. The Morgan fingerprint density at radius 2 is 2.27 bits per heavy atom. The first kappa shape index (κ1) is 8.56. The molecular formula is C8H9BrO2. The van der Waals surface area contributed by atoms with Crippen LogP contribution in [-0.2, 0) is 11.3 Å². The SMILES string of the molecule is COCc1ccc(O)cc1Br. The molecule has 0 atom stereocenters. The van der Waals surface area contributed by atoms with Crippen molar-refractivity contribution in [1.82, 2.24) is 0 Å². The smallest absolute Gasteiger partial charge is 0.116 e. The Morgan fingerprint density at radius 3 is 2.82 bits per heavy atom. The summed E-state index contributed by atoms with van der Waals surface area (Å²) in [6.45, 7) is 0.556. The highest BCUT2D eigenvalue weighted by Crippen LogP contribution is 2.22. The van der Waals surface area contributed by atoms with Gasteiger partial charge in [0.05, 0.1) is 6.61 Å². The van der Waals surface area contributed by atoms with Gasteiger partial charge in [-0.2, -0.15) is 0 Å². The van der Waals surface area contributed by atoms with Crippen LogP contribution >= 0.6 is 15.9 Å². The number of benzene rings is 1. The maximum atomic E-state index is 9.03. The summed E-state index contributed by atoms with van der Waals surface area (Å²) >= 11 is 3.31. The molecule has 11 heavy (non-hydrogen) atoms. The fourth-order valence-electron chi connectivity index (χ4n) is 0.809. The van der Waals surface area contributed by atoms with Crippen molar-refractivity contribution in [2.24, 2.45) is 0 Å². The van der Waals surface area contributed by atoms with E-state index >= 15 is 0 Å². The number of halogens is 1. The second-order valence-electron chi connectivity index (χ2n) is 2.21. The molecule has 0 aliphatic rings. The topological polar surface area (TPSA) is 29.5 Å². The lowest BCUT2D eigenvalue weighted by Crippen LogP contribution is -1.87. The van der Waals surface area contributed by atoms with Gasteiger partial charge in [0.1, 0.15) is 5.75 Å². The number of ether oxygens (including phenoxy) is 1. The van der Waals surface area contributed by atoms with Crippen molar-refractivity contribution >= 4 is 15.9 Å². The van der Waals surface area contributed by atoms with Crippen LogP contribution in [-0.4, -0.2) is 12.2 Å². The molecule has 0 fully saturated rings. The van der Waals surface area contributed by atoms with Crippen LogP contribution in [0.4, 0.5) is 0 Å². The van der Waals surface area contributed by atoms with Crippen molar-refractivity contribution < 1.29 is 9.84 Å². The molecule has 0 unspecified atom stereocenters. The van der Waals surface area contributed by atoms with E-state index in [9.17, 15) is 0 Å². The van der Waals surface area contributed by atoms with Crippen LogP contribution in [0.25, 0.3) is 0 Å². The van der Waals surface area contributed by atoms with Crippen molar-refractivity contribution in [3.05, 3.63) is 28.2 Å². The van der Waals surface area contributed by atoms with Crippen molar-refractivity contribution in [2.45, 2.75) is 6.61 Å². The maximum Gasteiger partial charge on any atom is 0.116 e. The van der Waals surface area contributed by atoms with Gasteiger partial charge in [-0.15, -0.1) is 0 Å². The average Bonchev–Trinajstić information content (AvgIpc) is 1.95. The van der Waals surface area contributed by atoms with Crippen LogP contribution in [0.15, 0.2) is 22.7 Å². The molecule has 0 aromatic heterocycles. The van der Waals surface area contributed by atoms with Gasteiger partial charge in [-0.1, -0.05) is 22.0 Å². The van der Waals surface area contributed by atoms with Crippen LogP contribution in [0.2, 0.25) is 0 Å². The van der Waals surface area contributed by atoms with E-state index in [1.165, 1.54) is 0 Å². The van der Waals surface area contributed by atoms with Crippen molar-refractivity contribution in [2.75, 3.05) is 7.11 Å². The summed E-state index contributed by atoms with van der Waals surface area (Å²) < 4.78 is 5.81. The summed E-state index contributed by atoms with van der Waals surface area (Å²) in [5.41, 5.74) is 1.03. The maximum absolute atomic E-state index is 9.03. The lowest BCUT2D eigenvalue weighted by Gasteiger charge is -2.02. The molecule has 0 spiro atoms. The van der Waals surface area contributed by atoms with Gasteiger partial charge >= 0.3 is 0 Å². The molecule has 60 valence electrons. The van der Waals surface area contributed by atoms with Crippen molar-refractivity contribution in [3.63, 3.8) is 0 Å². The molecule has 0 bridgehead atoms. The number of aromatic hydroxyl groups is 1. The third-order valence-electron chi connectivity index (χ3n) is 1.34. The van der Waals surface area contributed by atoms with E-state index in [-0.39, 0.29) is 5.75 Å². The van der Waals surface area contributed by atoms with Crippen LogP contribution in [0.3, 0.4) is 0 Å². The molecule has 0 saturated carbocycles. The highest BCUT2D eigenvalue weighted by atomic mass is 79.9. The minimum atomic E-state index is 0.261. The molecule has 1 aromatic rings. The second-order valence-corrected chi connectivity index (χ2v) is 3.06. The van der Waals surface area contributed by atoms with Gasteiger partial charge < -0.3 is 9.84 Å². The van der Waals surface area contributed by atoms with Gasteiger partial charge in [0.25, 0.3) is 0 Å². The first-order valence-electron chi connectivity index (χ1n) is 3.20. The lowest BCUT2D eigenvalue weighted by atomic mass is 10.2. The molecule has 2 nitrogen and oxygen atoms in total. The molecule has 0 aliphatic heterocycles. The van der Waals surface area contributed by atoms with Gasteiger partial charge in [-0.3, -0.25) is 0 Å². The van der Waals surface area contributed by atoms with Crippen molar-refractivity contribution in [3.8, 4) is 5.75 Å². The van der Waals surface area contributed by atoms with E-state index in [2.05, 4.69) is 15.9 Å². The van der Waals surface area contributed by atoms with Gasteiger partial charge in [0, 0.05) is 11.6 Å². The van der Waals surface area contributed by atoms with Gasteiger partial charge in [-0.05, 0) is 17.7 Å². The monoisotopic (exact) mass is 216 g/mol. The second kappa shape index (κ2) is 3.74. The van der Waals surface area contributed by atoms with Crippen LogP contribution in [0, 0.1) is 0 Å². The molecule has 0 heterocycles. The molecule has 1 rings (SSSR count). The predicted octanol–water partition coefficient (Wildman–Crippen LogP) is 2.30. The standard InChI is InChI=1S/C8H9BrO2/c1-11-5-6-2-3-7(10)4-8(6)9/h2-4,10H,5H2,1H3. The molecule has 0 saturated heterocycles. The predicted molar refractivity (Wildman–Crippen MR) is 46.5 cm³/mol. The molecule has 3 heteroatoms. The van der Waals surface area contributed by atoms with Crippen LogP contribution < -0.4 is 0 Å². The number of methoxy groups -OCH3 is 1. The summed E-state index contributed by atoms with van der Waals surface area (Å²) in [7, 11) is 1.64. The third-order valence-corrected chi connectivity index (χ3v) is 2.07. The van der Waals surface area contributed by atoms with Gasteiger partial charge in [0.2, 0.25) is 0 Å². The summed E-state index contributed by atoms with van der Waals surface area (Å²) in [5, 5.41) is 9.03. The van der Waals surface area contributed by atoms with Crippen LogP contribution in [0.5, 0.6) is 5.75 Å². The average molecular weight is 217 g/mol. The summed E-state index contributed by atoms with van der Waals surface area (Å²) in [6.07, 6.45) is 0. The number of phenolic OH excluding ortho intramolecular Hbond substituents is 1. The Balaban J connectivity index is 2.90. The zero-order valence-electron chi connectivity index (χ0n) is 6.17. The fourth-order valence-corrected chi connectivity index (χ4v) is 1.29. The largest absolute Gasteiger partial charge is 0.508 e. The number of hydrogen-bond acceptors (Lipinski definition) is 2. The van der Waals surface area contributed by atoms with Crippen LogP contribution in [0.1, 0.15) is 5.56 Å². The quantitative estimate of drug-likeness (QED) is 0.823. The molecular weight excluding hydrogens is 208 g/mol. The Labute approximate surface area is 73.9 Å². The van der Waals surface area contributed by atoms with E-state index in [1.807, 2.05) is 6.07 Å². The Bertz CT molecular complexity index is 248. The summed E-state index contributed by atoms with van der Waals surface area (Å²) in [5.74, 6) is 0.261. The molecule has 0 amide bonds. The number of rotatable bonds is 2. The van der Waals surface area contributed by atoms with E-state index in [0.717, 1.165) is 10.0 Å². The highest BCUT2D eigenvalue weighted by Gasteiger charge is 1.98. The van der Waals surface area contributed by atoms with E-state index in [0.29, 0.717) is 6.61 Å². The zero-order valence-corrected chi connectivity index (χ0v) is 7.76. The molecule has 0 aliphatic carbocycles. The third kappa shape index (κ3) is 2.20. The number of phenols is 1. The molecule has 1 aromatic carbocycles. The van der Waals surface area contributed by atoms with E-state index in [1.54, 1.807) is 19.2 Å². The Kier molecular flexibility index (Phi) is 2.91. The fraction of sp³-hybridized carbons (Fsp3) is 0.250. The Hall–Kier alpha value is -0.540. The first-order valence-corrected chi connectivity index (χ1v) is 3.99. The minimum Gasteiger partial charge on any atom is -0.508 e. The summed E-state index contributed by atoms with van der Waals surface area (Å²) in [4.78, 5) is 0. The van der Waals surface area contributed by atoms with Crippen molar-refractivity contribution in [1.29, 1.82) is 0 Å². The molecule has 1 N–H and O–H groups in total. The zero-order chi connectivity index (χ0) is 8.27. The lowest BCUT2D eigenvalue weighted by molar-refractivity contribution is 0.184. The minimum absolute atomic E-state index is 0.261.